The molecule has 2 N–H and O–H groups in total. The summed E-state index contributed by atoms with van der Waals surface area (Å²) in [5.41, 5.74) is 3.60. The van der Waals surface area contributed by atoms with Crippen LogP contribution in [0.4, 0.5) is 0 Å². The number of nitrogens with one attached hydrogen (secondary N) is 2. The number of aromatic nitrogens is 2. The molecule has 226 valence electrons. The number of hydrogen-bond donors (Lipinski definition) is 2. The van der Waals surface area contributed by atoms with Crippen molar-refractivity contribution in [2.75, 3.05) is 0 Å². The van der Waals surface area contributed by atoms with Crippen molar-refractivity contribution in [2.24, 2.45) is 5.41 Å². The largest absolute Gasteiger partial charge is 0.439 e. The predicted molar refractivity (Wildman–Crippen MR) is 164 cm³/mol. The van der Waals surface area contributed by atoms with Gasteiger partial charge in [0.1, 0.15) is 29.3 Å². The van der Waals surface area contributed by atoms with E-state index in [9.17, 15) is 14.4 Å². The Hall–Kier alpha value is -3.98. The number of aryl methyl sites for hydroxylation is 1. The summed E-state index contributed by atoms with van der Waals surface area (Å²) in [5.74, 6) is 0.104. The lowest BCUT2D eigenvalue weighted by Crippen LogP contribution is -2.60. The summed E-state index contributed by atoms with van der Waals surface area (Å²) in [5, 5.41) is 6.45. The van der Waals surface area contributed by atoms with Crippen LogP contribution < -0.4 is 15.4 Å². The monoisotopic (exact) mass is 603 g/mol. The van der Waals surface area contributed by atoms with Crippen LogP contribution in [0.2, 0.25) is 5.15 Å². The third-order valence-electron chi connectivity index (χ3n) is 8.15. The van der Waals surface area contributed by atoms with E-state index in [1.807, 2.05) is 51.1 Å². The average molecular weight is 604 g/mol. The van der Waals surface area contributed by atoms with Crippen LogP contribution in [0.3, 0.4) is 0 Å². The number of ether oxygens (including phenoxy) is 1. The number of hydrogen-bond acceptors (Lipinski definition) is 6. The molecule has 43 heavy (non-hydrogen) atoms. The fraction of sp³-hybridized carbons (Fsp3) is 0.424. The van der Waals surface area contributed by atoms with Crippen molar-refractivity contribution < 1.29 is 19.1 Å². The second-order valence-electron chi connectivity index (χ2n) is 12.3. The Bertz CT molecular complexity index is 1520. The second-order valence-corrected chi connectivity index (χ2v) is 12.7. The van der Waals surface area contributed by atoms with Crippen LogP contribution in [0.25, 0.3) is 0 Å². The van der Waals surface area contributed by atoms with Crippen molar-refractivity contribution in [3.05, 3.63) is 82.3 Å². The van der Waals surface area contributed by atoms with E-state index >= 15 is 0 Å². The van der Waals surface area contributed by atoms with E-state index in [-0.39, 0.29) is 41.9 Å². The molecule has 3 atom stereocenters. The van der Waals surface area contributed by atoms with E-state index in [4.69, 9.17) is 16.3 Å². The van der Waals surface area contributed by atoms with Crippen LogP contribution in [0.15, 0.2) is 54.9 Å². The zero-order valence-electron chi connectivity index (χ0n) is 25.0. The smallest absolute Gasteiger partial charge is 0.246 e. The van der Waals surface area contributed by atoms with Gasteiger partial charge in [0.2, 0.25) is 23.6 Å². The molecule has 0 saturated heterocycles. The first-order valence-corrected chi connectivity index (χ1v) is 15.2. The number of rotatable bonds is 7. The first-order valence-electron chi connectivity index (χ1n) is 14.8. The van der Waals surface area contributed by atoms with Crippen molar-refractivity contribution in [1.82, 2.24) is 25.5 Å². The summed E-state index contributed by atoms with van der Waals surface area (Å²) in [6, 6.07) is 13.6. The van der Waals surface area contributed by atoms with Gasteiger partial charge in [0.15, 0.2) is 0 Å². The Morgan fingerprint density at radius 1 is 1.07 bits per heavy atom. The Labute approximate surface area is 257 Å². The standard InChI is InChI=1S/C33H38ClN5O4/c1-5-28(40)38-30(33(2,3)4)32(42)39-18-22-15-23(43-29-17-27(34)35-19-36-29)14-13-21(22)16-26(39)31(41)37-25-12-8-10-20-9-6-7-11-24(20)25/h6-7,9,11,13-15,17,19,25-26,30H,5,8,10,12,16,18H2,1-4H3,(H,37,41)(H,38,40)/t25-,26+,30-/m1/s1. The molecule has 2 aliphatic rings. The number of carbonyl (C=O) groups excluding carboxylic acids is 3. The van der Waals surface area contributed by atoms with Crippen molar-refractivity contribution in [2.45, 2.75) is 84.5 Å². The minimum atomic E-state index is -0.810. The van der Waals surface area contributed by atoms with Gasteiger partial charge < -0.3 is 20.3 Å². The fourth-order valence-electron chi connectivity index (χ4n) is 5.83. The van der Waals surface area contributed by atoms with Gasteiger partial charge in [-0.2, -0.15) is 0 Å². The molecule has 2 aromatic carbocycles. The highest BCUT2D eigenvalue weighted by Crippen LogP contribution is 2.34. The van der Waals surface area contributed by atoms with Crippen LogP contribution >= 0.6 is 11.6 Å². The van der Waals surface area contributed by atoms with Gasteiger partial charge in [-0.05, 0) is 59.1 Å². The van der Waals surface area contributed by atoms with Crippen LogP contribution in [0, 0.1) is 5.41 Å². The van der Waals surface area contributed by atoms with Gasteiger partial charge in [-0.15, -0.1) is 0 Å². The minimum absolute atomic E-state index is 0.121. The number of benzene rings is 2. The number of nitrogens with zero attached hydrogens (tertiary/aromatic N) is 3. The molecule has 0 bridgehead atoms. The Balaban J connectivity index is 1.46. The van der Waals surface area contributed by atoms with Gasteiger partial charge in [0.05, 0.1) is 6.04 Å². The van der Waals surface area contributed by atoms with Crippen molar-refractivity contribution in [3.8, 4) is 11.6 Å². The number of amides is 3. The summed E-state index contributed by atoms with van der Waals surface area (Å²) in [6.07, 6.45) is 4.71. The Kier molecular flexibility index (Phi) is 9.01. The Morgan fingerprint density at radius 2 is 1.86 bits per heavy atom. The lowest BCUT2D eigenvalue weighted by Gasteiger charge is -2.41. The first kappa shape index (κ1) is 30.5. The van der Waals surface area contributed by atoms with Crippen molar-refractivity contribution in [1.29, 1.82) is 0 Å². The average Bonchev–Trinajstić information content (AvgIpc) is 2.98. The molecule has 0 radical (unpaired) electrons. The van der Waals surface area contributed by atoms with Gasteiger partial charge in [-0.3, -0.25) is 14.4 Å². The first-order chi connectivity index (χ1) is 20.5. The van der Waals surface area contributed by atoms with E-state index in [0.29, 0.717) is 18.1 Å². The Morgan fingerprint density at radius 3 is 2.60 bits per heavy atom. The molecule has 9 nitrogen and oxygen atoms in total. The second kappa shape index (κ2) is 12.7. The molecule has 1 aliphatic carbocycles. The highest BCUT2D eigenvalue weighted by Gasteiger charge is 2.42. The minimum Gasteiger partial charge on any atom is -0.439 e. The fourth-order valence-corrected chi connectivity index (χ4v) is 5.97. The molecule has 1 aromatic heterocycles. The molecular weight excluding hydrogens is 566 g/mol. The SMILES string of the molecule is CCC(=O)N[C@H](C(=O)N1Cc2cc(Oc3cc(Cl)ncn3)ccc2C[C@H]1C(=O)N[C@@H]1CCCc2ccccc21)C(C)(C)C. The number of halogens is 1. The van der Waals surface area contributed by atoms with E-state index < -0.39 is 17.5 Å². The molecule has 3 aromatic rings. The van der Waals surface area contributed by atoms with Gasteiger partial charge in [0, 0.05) is 25.5 Å². The molecule has 3 amide bonds. The molecule has 0 spiro atoms. The predicted octanol–water partition coefficient (Wildman–Crippen LogP) is 5.31. The van der Waals surface area contributed by atoms with Crippen LogP contribution in [-0.2, 0) is 33.8 Å². The van der Waals surface area contributed by atoms with Crippen molar-refractivity contribution in [3.63, 3.8) is 0 Å². The molecule has 0 fully saturated rings. The quantitative estimate of drug-likeness (QED) is 0.354. The molecular formula is C33H38ClN5O4. The zero-order chi connectivity index (χ0) is 30.7. The summed E-state index contributed by atoms with van der Waals surface area (Å²) in [4.78, 5) is 50.4. The lowest BCUT2D eigenvalue weighted by atomic mass is 9.83. The van der Waals surface area contributed by atoms with Crippen molar-refractivity contribution >= 4 is 29.3 Å². The molecule has 10 heteroatoms. The zero-order valence-corrected chi connectivity index (χ0v) is 25.8. The summed E-state index contributed by atoms with van der Waals surface area (Å²) in [6.45, 7) is 7.67. The van der Waals surface area contributed by atoms with Crippen LogP contribution in [0.1, 0.15) is 75.3 Å². The van der Waals surface area contributed by atoms with Gasteiger partial charge in [-0.1, -0.05) is 69.6 Å². The highest BCUT2D eigenvalue weighted by molar-refractivity contribution is 6.29. The maximum absolute atomic E-state index is 14.3. The van der Waals surface area contributed by atoms with Crippen LogP contribution in [-0.4, -0.2) is 44.7 Å². The van der Waals surface area contributed by atoms with Gasteiger partial charge in [0.25, 0.3) is 0 Å². The van der Waals surface area contributed by atoms with E-state index in [1.54, 1.807) is 11.8 Å². The number of fused-ring (bicyclic) bond motifs is 2. The van der Waals surface area contributed by atoms with E-state index in [1.165, 1.54) is 18.0 Å². The maximum Gasteiger partial charge on any atom is 0.246 e. The normalized spacial score (nSPS) is 18.6. The summed E-state index contributed by atoms with van der Waals surface area (Å²) in [7, 11) is 0. The van der Waals surface area contributed by atoms with E-state index in [2.05, 4.69) is 32.7 Å². The maximum atomic E-state index is 14.3. The molecule has 2 heterocycles. The third kappa shape index (κ3) is 6.99. The highest BCUT2D eigenvalue weighted by atomic mass is 35.5. The molecule has 5 rings (SSSR count). The summed E-state index contributed by atoms with van der Waals surface area (Å²) < 4.78 is 5.92. The molecule has 0 unspecified atom stereocenters. The lowest BCUT2D eigenvalue weighted by molar-refractivity contribution is -0.147. The summed E-state index contributed by atoms with van der Waals surface area (Å²) >= 11 is 5.99. The third-order valence-corrected chi connectivity index (χ3v) is 8.36. The van der Waals surface area contributed by atoms with Crippen LogP contribution in [0.5, 0.6) is 11.6 Å². The van der Waals surface area contributed by atoms with E-state index in [0.717, 1.165) is 36.0 Å². The molecule has 1 aliphatic heterocycles. The van der Waals surface area contributed by atoms with Gasteiger partial charge >= 0.3 is 0 Å². The molecule has 0 saturated carbocycles. The van der Waals surface area contributed by atoms with Gasteiger partial charge in [-0.25, -0.2) is 9.97 Å². The topological polar surface area (TPSA) is 114 Å². The number of carbonyl (C=O) groups is 3.